The van der Waals surface area contributed by atoms with Crippen molar-refractivity contribution in [2.24, 2.45) is 0 Å². The van der Waals surface area contributed by atoms with Gasteiger partial charge in [0.1, 0.15) is 5.75 Å². The Morgan fingerprint density at radius 2 is 1.85 bits per heavy atom. The van der Waals surface area contributed by atoms with Crippen molar-refractivity contribution in [2.45, 2.75) is 11.4 Å². The number of benzene rings is 1. The average molecular weight is 367 g/mol. The first-order valence-corrected chi connectivity index (χ1v) is 8.13. The Kier molecular flexibility index (Phi) is 7.40. The predicted octanol–water partition coefficient (Wildman–Crippen LogP) is 3.16. The molecule has 0 amide bonds. The summed E-state index contributed by atoms with van der Waals surface area (Å²) in [5.74, 6) is 0.349. The number of ketones is 1. The van der Waals surface area contributed by atoms with Crippen LogP contribution in [0.25, 0.3) is 0 Å². The number of carbonyl (C=O) groups is 1. The van der Waals surface area contributed by atoms with Crippen molar-refractivity contribution in [3.05, 3.63) is 30.3 Å². The first-order valence-electron chi connectivity index (χ1n) is 5.75. The molecular weight excluding hydrogens is 351 g/mol. The Bertz CT molecular complexity index is 458. The summed E-state index contributed by atoms with van der Waals surface area (Å²) in [4.78, 5) is 11.8. The molecule has 20 heavy (non-hydrogen) atoms. The molecule has 112 valence electrons. The minimum Gasteiger partial charge on any atom is -0.493 e. The van der Waals surface area contributed by atoms with Crippen molar-refractivity contribution >= 4 is 29.5 Å². The highest BCUT2D eigenvalue weighted by Crippen LogP contribution is 2.49. The highest BCUT2D eigenvalue weighted by atomic mass is 79.9. The Labute approximate surface area is 126 Å². The van der Waals surface area contributed by atoms with Crippen LogP contribution in [-0.2, 0) is 22.9 Å². The number of rotatable bonds is 9. The van der Waals surface area contributed by atoms with Crippen molar-refractivity contribution < 1.29 is 27.7 Å². The van der Waals surface area contributed by atoms with Crippen LogP contribution >= 0.6 is 23.8 Å². The maximum atomic E-state index is 11.8. The molecule has 1 rings (SSSR count). The maximum absolute atomic E-state index is 11.8. The van der Waals surface area contributed by atoms with Gasteiger partial charge in [0, 0.05) is 20.6 Å². The highest BCUT2D eigenvalue weighted by molar-refractivity contribution is 9.09. The van der Waals surface area contributed by atoms with Crippen molar-refractivity contribution in [1.82, 2.24) is 0 Å². The van der Waals surface area contributed by atoms with E-state index in [1.54, 1.807) is 12.1 Å². The molecule has 0 N–H and O–H groups in total. The molecule has 0 radical (unpaired) electrons. The molecule has 0 heterocycles. The average Bonchev–Trinajstić information content (AvgIpc) is 2.48. The minimum atomic E-state index is -3.69. The highest BCUT2D eigenvalue weighted by Gasteiger charge is 2.30. The number of phosphoric acid groups is 1. The summed E-state index contributed by atoms with van der Waals surface area (Å²) in [7, 11) is -1.34. The number of ether oxygens (including phenoxy) is 1. The molecule has 0 saturated carbocycles. The fourth-order valence-electron chi connectivity index (χ4n) is 1.23. The van der Waals surface area contributed by atoms with Gasteiger partial charge in [-0.05, 0) is 28.1 Å². The summed E-state index contributed by atoms with van der Waals surface area (Å²) in [5, 5.41) is -1.08. The number of hydrogen-bond acceptors (Lipinski definition) is 6. The molecule has 6 nitrogen and oxygen atoms in total. The van der Waals surface area contributed by atoms with Gasteiger partial charge < -0.3 is 4.74 Å². The first-order chi connectivity index (χ1) is 9.50. The largest absolute Gasteiger partial charge is 0.493 e. The monoisotopic (exact) mass is 366 g/mol. The fraction of sp³-hybridized carbons (Fsp3) is 0.417. The van der Waals surface area contributed by atoms with Crippen molar-refractivity contribution in [2.75, 3.05) is 20.8 Å². The molecule has 1 aromatic carbocycles. The molecule has 0 aliphatic carbocycles. The van der Waals surface area contributed by atoms with Crippen LogP contribution < -0.4 is 4.74 Å². The molecule has 0 bridgehead atoms. The van der Waals surface area contributed by atoms with Gasteiger partial charge in [0.05, 0.1) is 6.61 Å². The van der Waals surface area contributed by atoms with E-state index in [0.29, 0.717) is 5.75 Å². The third kappa shape index (κ3) is 5.73. The predicted molar refractivity (Wildman–Crippen MR) is 77.0 cm³/mol. The molecule has 0 aliphatic heterocycles. The molecule has 8 heteroatoms. The van der Waals surface area contributed by atoms with E-state index in [1.807, 2.05) is 18.2 Å². The number of halogens is 1. The van der Waals surface area contributed by atoms with E-state index in [2.05, 4.69) is 25.0 Å². The normalized spacial score (nSPS) is 12.9. The van der Waals surface area contributed by atoms with Crippen LogP contribution in [0.2, 0.25) is 0 Å². The van der Waals surface area contributed by atoms with Gasteiger partial charge in [0.2, 0.25) is 0 Å². The maximum Gasteiger partial charge on any atom is 0.475 e. The molecular formula is C12H16BrO6P. The molecule has 1 unspecified atom stereocenters. The standard InChI is InChI=1S/C12H16BrO6P/c1-16-20(15,17-2)19-12(13)11(14)8-9-18-10-6-4-3-5-7-10/h3-7,12H,8-9H2,1-2H3. The summed E-state index contributed by atoms with van der Waals surface area (Å²) in [6.45, 7) is 0.193. The zero-order valence-corrected chi connectivity index (χ0v) is 13.6. The first kappa shape index (κ1) is 17.3. The molecule has 1 atom stereocenters. The molecule has 0 spiro atoms. The second kappa shape index (κ2) is 8.54. The summed E-state index contributed by atoms with van der Waals surface area (Å²) in [5.41, 5.74) is 0. The minimum absolute atomic E-state index is 0.0955. The van der Waals surface area contributed by atoms with Crippen LogP contribution in [0.5, 0.6) is 5.75 Å². The van der Waals surface area contributed by atoms with Gasteiger partial charge in [-0.2, -0.15) is 0 Å². The van der Waals surface area contributed by atoms with E-state index in [4.69, 9.17) is 9.26 Å². The molecule has 0 fully saturated rings. The lowest BCUT2D eigenvalue weighted by atomic mass is 10.3. The Balaban J connectivity index is 2.37. The van der Waals surface area contributed by atoms with Crippen molar-refractivity contribution in [3.63, 3.8) is 0 Å². The van der Waals surface area contributed by atoms with Crippen molar-refractivity contribution in [1.29, 1.82) is 0 Å². The molecule has 1 aromatic rings. The molecule has 0 aromatic heterocycles. The topological polar surface area (TPSA) is 71.1 Å². The van der Waals surface area contributed by atoms with Gasteiger partial charge in [-0.3, -0.25) is 18.4 Å². The lowest BCUT2D eigenvalue weighted by molar-refractivity contribution is -0.123. The summed E-state index contributed by atoms with van der Waals surface area (Å²) in [6.07, 6.45) is 0.0955. The van der Waals surface area contributed by atoms with Gasteiger partial charge in [0.15, 0.2) is 10.8 Å². The van der Waals surface area contributed by atoms with E-state index >= 15 is 0 Å². The fourth-order valence-corrected chi connectivity index (χ4v) is 2.74. The van der Waals surface area contributed by atoms with Gasteiger partial charge >= 0.3 is 7.82 Å². The van der Waals surface area contributed by atoms with Crippen LogP contribution in [0.3, 0.4) is 0 Å². The molecule has 0 saturated heterocycles. The Morgan fingerprint density at radius 1 is 1.25 bits per heavy atom. The zero-order chi connectivity index (χ0) is 15.0. The number of para-hydroxylation sites is 1. The third-order valence-electron chi connectivity index (χ3n) is 2.28. The summed E-state index contributed by atoms with van der Waals surface area (Å²) >= 11 is 2.99. The van der Waals surface area contributed by atoms with Gasteiger partial charge in [-0.25, -0.2) is 4.57 Å². The van der Waals surface area contributed by atoms with Crippen LogP contribution in [0.4, 0.5) is 0 Å². The van der Waals surface area contributed by atoms with Gasteiger partial charge in [-0.15, -0.1) is 0 Å². The quantitative estimate of drug-likeness (QED) is 0.493. The van der Waals surface area contributed by atoms with Gasteiger partial charge in [0.25, 0.3) is 0 Å². The van der Waals surface area contributed by atoms with Crippen LogP contribution in [0.1, 0.15) is 6.42 Å². The zero-order valence-electron chi connectivity index (χ0n) is 11.2. The van der Waals surface area contributed by atoms with Crippen LogP contribution in [-0.4, -0.2) is 31.6 Å². The molecule has 0 aliphatic rings. The smallest absolute Gasteiger partial charge is 0.475 e. The SMILES string of the molecule is COP(=O)(OC)OC(Br)C(=O)CCOc1ccccc1. The second-order valence-corrected chi connectivity index (χ2v) is 6.28. The van der Waals surface area contributed by atoms with Crippen LogP contribution in [0.15, 0.2) is 30.3 Å². The van der Waals surface area contributed by atoms with Gasteiger partial charge in [-0.1, -0.05) is 18.2 Å². The van der Waals surface area contributed by atoms with E-state index in [9.17, 15) is 9.36 Å². The lowest BCUT2D eigenvalue weighted by Gasteiger charge is -2.16. The number of phosphoric ester groups is 1. The van der Waals surface area contributed by atoms with Crippen LogP contribution in [0, 0.1) is 0 Å². The third-order valence-corrected chi connectivity index (χ3v) is 4.63. The number of carbonyl (C=O) groups excluding carboxylic acids is 1. The Morgan fingerprint density at radius 3 is 2.40 bits per heavy atom. The second-order valence-electron chi connectivity index (χ2n) is 3.61. The number of hydrogen-bond donors (Lipinski definition) is 0. The summed E-state index contributed by atoms with van der Waals surface area (Å²) in [6, 6.07) is 9.11. The lowest BCUT2D eigenvalue weighted by Crippen LogP contribution is -2.19. The Hall–Kier alpha value is -0.720. The van der Waals surface area contributed by atoms with E-state index < -0.39 is 12.8 Å². The summed E-state index contributed by atoms with van der Waals surface area (Å²) < 4.78 is 31.1. The van der Waals surface area contributed by atoms with E-state index in [0.717, 1.165) is 0 Å². The number of Topliss-reactive ketones (excluding diaryl/α,β-unsaturated/α-hetero) is 1. The van der Waals surface area contributed by atoms with E-state index in [1.165, 1.54) is 14.2 Å². The van der Waals surface area contributed by atoms with Crippen molar-refractivity contribution in [3.8, 4) is 5.75 Å². The van der Waals surface area contributed by atoms with E-state index in [-0.39, 0.29) is 18.8 Å². The number of alkyl halides is 1.